The summed E-state index contributed by atoms with van der Waals surface area (Å²) in [5.41, 5.74) is 2.99. The van der Waals surface area contributed by atoms with Crippen LogP contribution in [0.2, 0.25) is 0 Å². The lowest BCUT2D eigenvalue weighted by Gasteiger charge is -2.14. The lowest BCUT2D eigenvalue weighted by Crippen LogP contribution is -2.26. The number of nitrogens with one attached hydrogen (secondary N) is 2. The molecule has 0 aliphatic carbocycles. The van der Waals surface area contributed by atoms with Gasteiger partial charge in [-0.3, -0.25) is 4.79 Å². The quantitative estimate of drug-likeness (QED) is 0.620. The molecule has 0 radical (unpaired) electrons. The number of para-hydroxylation sites is 1. The summed E-state index contributed by atoms with van der Waals surface area (Å²) >= 11 is 0. The largest absolute Gasteiger partial charge is 0.361 e. The summed E-state index contributed by atoms with van der Waals surface area (Å²) < 4.78 is 22.6. The molecule has 0 aliphatic rings. The van der Waals surface area contributed by atoms with E-state index in [4.69, 9.17) is 5.14 Å². The number of aromatic amines is 1. The van der Waals surface area contributed by atoms with Crippen LogP contribution in [0.15, 0.2) is 59.6 Å². The van der Waals surface area contributed by atoms with Crippen molar-refractivity contribution in [3.8, 4) is 0 Å². The number of H-pyrrole nitrogens is 1. The monoisotopic (exact) mass is 371 g/mol. The number of benzene rings is 2. The molecule has 0 bridgehead atoms. The Balaban J connectivity index is 1.59. The zero-order chi connectivity index (χ0) is 18.7. The number of aryl methyl sites for hydroxylation is 1. The maximum absolute atomic E-state index is 12.2. The normalized spacial score (nSPS) is 12.8. The maximum atomic E-state index is 12.2. The summed E-state index contributed by atoms with van der Waals surface area (Å²) in [6, 6.07) is 14.0. The van der Waals surface area contributed by atoms with Crippen molar-refractivity contribution < 1.29 is 13.2 Å². The van der Waals surface area contributed by atoms with E-state index < -0.39 is 10.0 Å². The van der Waals surface area contributed by atoms with E-state index in [1.807, 2.05) is 37.4 Å². The van der Waals surface area contributed by atoms with Crippen LogP contribution in [0.5, 0.6) is 0 Å². The van der Waals surface area contributed by atoms with Crippen molar-refractivity contribution in [2.45, 2.75) is 30.7 Å². The highest BCUT2D eigenvalue weighted by atomic mass is 32.2. The molecule has 0 saturated carbocycles. The number of fused-ring (bicyclic) bond motifs is 1. The molecule has 2 aromatic carbocycles. The van der Waals surface area contributed by atoms with Crippen molar-refractivity contribution >= 4 is 26.8 Å². The molecule has 136 valence electrons. The number of hydrogen-bond acceptors (Lipinski definition) is 3. The molecule has 6 nitrogen and oxygen atoms in total. The Bertz CT molecular complexity index is 1020. The van der Waals surface area contributed by atoms with E-state index in [0.29, 0.717) is 12.8 Å². The van der Waals surface area contributed by atoms with Crippen molar-refractivity contribution in [2.75, 3.05) is 0 Å². The van der Waals surface area contributed by atoms with Crippen LogP contribution in [0.3, 0.4) is 0 Å². The first-order valence-electron chi connectivity index (χ1n) is 8.32. The van der Waals surface area contributed by atoms with Crippen molar-refractivity contribution in [3.63, 3.8) is 0 Å². The smallest absolute Gasteiger partial charge is 0.238 e. The molecule has 0 fully saturated rings. The predicted molar refractivity (Wildman–Crippen MR) is 101 cm³/mol. The molecule has 3 aromatic rings. The fourth-order valence-electron chi connectivity index (χ4n) is 2.93. The van der Waals surface area contributed by atoms with Gasteiger partial charge in [-0.15, -0.1) is 0 Å². The second-order valence-electron chi connectivity index (χ2n) is 6.26. The van der Waals surface area contributed by atoms with Crippen LogP contribution in [0.1, 0.15) is 30.5 Å². The van der Waals surface area contributed by atoms with E-state index in [0.717, 1.165) is 22.0 Å². The van der Waals surface area contributed by atoms with Gasteiger partial charge in [0.25, 0.3) is 0 Å². The van der Waals surface area contributed by atoms with E-state index in [2.05, 4.69) is 10.3 Å². The number of primary sulfonamides is 1. The number of sulfonamides is 1. The Morgan fingerprint density at radius 1 is 1.15 bits per heavy atom. The van der Waals surface area contributed by atoms with Gasteiger partial charge in [0.1, 0.15) is 0 Å². The van der Waals surface area contributed by atoms with E-state index >= 15 is 0 Å². The second-order valence-corrected chi connectivity index (χ2v) is 7.82. The van der Waals surface area contributed by atoms with Crippen LogP contribution in [0.25, 0.3) is 10.9 Å². The first kappa shape index (κ1) is 18.2. The summed E-state index contributed by atoms with van der Waals surface area (Å²) in [5.74, 6) is -0.0571. The van der Waals surface area contributed by atoms with Crippen molar-refractivity contribution in [1.82, 2.24) is 10.3 Å². The molecular formula is C19H21N3O3S. The van der Waals surface area contributed by atoms with Gasteiger partial charge in [0.05, 0.1) is 10.9 Å². The molecule has 0 saturated heterocycles. The van der Waals surface area contributed by atoms with Gasteiger partial charge in [0.15, 0.2) is 0 Å². The highest BCUT2D eigenvalue weighted by molar-refractivity contribution is 7.89. The van der Waals surface area contributed by atoms with E-state index in [-0.39, 0.29) is 16.8 Å². The van der Waals surface area contributed by atoms with Gasteiger partial charge in [-0.1, -0.05) is 30.3 Å². The molecule has 0 spiro atoms. The Morgan fingerprint density at radius 3 is 2.54 bits per heavy atom. The summed E-state index contributed by atoms with van der Waals surface area (Å²) in [6.07, 6.45) is 2.96. The number of carbonyl (C=O) groups is 1. The van der Waals surface area contributed by atoms with Crippen LogP contribution >= 0.6 is 0 Å². The molecular weight excluding hydrogens is 350 g/mol. The van der Waals surface area contributed by atoms with Crippen molar-refractivity contribution in [3.05, 3.63) is 65.9 Å². The second kappa shape index (κ2) is 7.31. The fourth-order valence-corrected chi connectivity index (χ4v) is 3.45. The molecule has 4 N–H and O–H groups in total. The first-order valence-corrected chi connectivity index (χ1v) is 9.86. The van der Waals surface area contributed by atoms with Crippen LogP contribution in [0.4, 0.5) is 0 Å². The SMILES string of the molecule is C[C@H](NC(=O)CCc1c[nH]c2ccccc12)c1ccc(S(N)(=O)=O)cc1. The molecule has 1 aromatic heterocycles. The molecule has 1 amide bonds. The molecule has 1 atom stereocenters. The molecule has 0 unspecified atom stereocenters. The van der Waals surface area contributed by atoms with Gasteiger partial charge in [-0.25, -0.2) is 13.6 Å². The number of aromatic nitrogens is 1. The molecule has 3 rings (SSSR count). The fraction of sp³-hybridized carbons (Fsp3) is 0.211. The van der Waals surface area contributed by atoms with Gasteiger partial charge in [0, 0.05) is 23.5 Å². The van der Waals surface area contributed by atoms with Crippen molar-refractivity contribution in [1.29, 1.82) is 0 Å². The number of hydrogen-bond donors (Lipinski definition) is 3. The average molecular weight is 371 g/mol. The summed E-state index contributed by atoms with van der Waals surface area (Å²) in [4.78, 5) is 15.5. The highest BCUT2D eigenvalue weighted by Crippen LogP contribution is 2.19. The Kier molecular flexibility index (Phi) is 5.11. The Hall–Kier alpha value is -2.64. The third-order valence-corrected chi connectivity index (χ3v) is 5.31. The first-order chi connectivity index (χ1) is 12.3. The Labute approximate surface area is 152 Å². The summed E-state index contributed by atoms with van der Waals surface area (Å²) in [5, 5.41) is 9.16. The van der Waals surface area contributed by atoms with Gasteiger partial charge in [-0.2, -0.15) is 0 Å². The van der Waals surface area contributed by atoms with Gasteiger partial charge < -0.3 is 10.3 Å². The van der Waals surface area contributed by atoms with E-state index in [9.17, 15) is 13.2 Å². The van der Waals surface area contributed by atoms with E-state index in [1.165, 1.54) is 12.1 Å². The minimum absolute atomic E-state index is 0.0547. The summed E-state index contributed by atoms with van der Waals surface area (Å²) in [7, 11) is -3.71. The number of nitrogens with two attached hydrogens (primary N) is 1. The Morgan fingerprint density at radius 2 is 1.85 bits per heavy atom. The van der Waals surface area contributed by atoms with Gasteiger partial charge in [0.2, 0.25) is 15.9 Å². The number of amides is 1. The zero-order valence-electron chi connectivity index (χ0n) is 14.4. The predicted octanol–water partition coefficient (Wildman–Crippen LogP) is 2.63. The third-order valence-electron chi connectivity index (χ3n) is 4.38. The third kappa shape index (κ3) is 4.12. The molecule has 1 heterocycles. The molecule has 26 heavy (non-hydrogen) atoms. The minimum atomic E-state index is -3.71. The lowest BCUT2D eigenvalue weighted by atomic mass is 10.1. The lowest BCUT2D eigenvalue weighted by molar-refractivity contribution is -0.121. The standard InChI is InChI=1S/C19H21N3O3S/c1-13(14-6-9-16(10-7-14)26(20,24)25)22-19(23)11-8-15-12-21-18-5-3-2-4-17(15)18/h2-7,9-10,12-13,21H,8,11H2,1H3,(H,22,23)(H2,20,24,25)/t13-/m0/s1. The van der Waals surface area contributed by atoms with Crippen LogP contribution in [-0.4, -0.2) is 19.3 Å². The maximum Gasteiger partial charge on any atom is 0.238 e. The summed E-state index contributed by atoms with van der Waals surface area (Å²) in [6.45, 7) is 1.86. The minimum Gasteiger partial charge on any atom is -0.361 e. The number of rotatable bonds is 6. The van der Waals surface area contributed by atoms with Crippen LogP contribution in [-0.2, 0) is 21.2 Å². The van der Waals surface area contributed by atoms with Crippen LogP contribution in [0, 0.1) is 0 Å². The van der Waals surface area contributed by atoms with Crippen molar-refractivity contribution in [2.24, 2.45) is 5.14 Å². The molecule has 7 heteroatoms. The average Bonchev–Trinajstić information content (AvgIpc) is 3.02. The van der Waals surface area contributed by atoms with Gasteiger partial charge in [-0.05, 0) is 42.7 Å². The topological polar surface area (TPSA) is 105 Å². The molecule has 0 aliphatic heterocycles. The zero-order valence-corrected chi connectivity index (χ0v) is 15.2. The van der Waals surface area contributed by atoms with Crippen LogP contribution < -0.4 is 10.5 Å². The van der Waals surface area contributed by atoms with E-state index in [1.54, 1.807) is 12.1 Å². The van der Waals surface area contributed by atoms with Gasteiger partial charge >= 0.3 is 0 Å². The highest BCUT2D eigenvalue weighted by Gasteiger charge is 2.13. The number of carbonyl (C=O) groups excluding carboxylic acids is 1.